The molecular weight excluding hydrogens is 1130 g/mol. The maximum atomic E-state index is 14.1. The lowest BCUT2D eigenvalue weighted by molar-refractivity contribution is -0.365. The van der Waals surface area contributed by atoms with Gasteiger partial charge in [0.05, 0.1) is 72.8 Å². The Labute approximate surface area is 505 Å². The van der Waals surface area contributed by atoms with Gasteiger partial charge in [-0.05, 0) is 78.5 Å². The molecule has 8 aliphatic rings. The van der Waals surface area contributed by atoms with Crippen molar-refractivity contribution in [1.29, 1.82) is 0 Å². The fraction of sp³-hybridized carbons (Fsp3) is 0.692. The summed E-state index contributed by atoms with van der Waals surface area (Å²) in [5.74, 6) is -4.92. The molecular formula is C65H92O20Si. The predicted molar refractivity (Wildman–Crippen MR) is 313 cm³/mol. The van der Waals surface area contributed by atoms with Gasteiger partial charge >= 0.3 is 23.9 Å². The SMILES string of the molecule is CC(=O)O[C@@]12CO[C@@H]1C[C@H](O)[C@@]1(C)C(O)[C@H](O)C3=C(C)C(O)C[C@@](O)([C@@H](OC(=O)c4ccccc4)[C@H]21)C3(C)C.CC[Si](CC)(CC)O[C@H]1C[C@H]2OC[C@@]2(OC(C)=O)[C@H]2[C@H](OC(=O)c3ccccc3)[C@]3(O)CC(O)C(C)=C([C@@H](OC)C(O)[C@]12C)C3(C)C. The summed E-state index contributed by atoms with van der Waals surface area (Å²) < 4.78 is 50.2. The van der Waals surface area contributed by atoms with Gasteiger partial charge in [-0.15, -0.1) is 0 Å². The van der Waals surface area contributed by atoms with Crippen LogP contribution in [0.2, 0.25) is 18.1 Å². The first-order valence-corrected chi connectivity index (χ1v) is 33.0. The fourth-order valence-electron chi connectivity index (χ4n) is 17.4. The van der Waals surface area contributed by atoms with E-state index in [0.29, 0.717) is 23.1 Å². The highest BCUT2D eigenvalue weighted by molar-refractivity contribution is 6.73. The average Bonchev–Trinajstić information content (AvgIpc) is 0.679. The summed E-state index contributed by atoms with van der Waals surface area (Å²) in [7, 11) is -0.837. The largest absolute Gasteiger partial charge is 0.455 e. The zero-order chi connectivity index (χ0) is 63.4. The van der Waals surface area contributed by atoms with Crippen molar-refractivity contribution in [3.8, 4) is 0 Å². The third kappa shape index (κ3) is 9.64. The molecule has 2 aromatic rings. The molecule has 4 unspecified atom stereocenters. The van der Waals surface area contributed by atoms with E-state index in [1.165, 1.54) is 21.0 Å². The van der Waals surface area contributed by atoms with Crippen LogP contribution in [-0.2, 0) is 47.2 Å². The Kier molecular flexibility index (Phi) is 17.7. The van der Waals surface area contributed by atoms with E-state index in [2.05, 4.69) is 20.8 Å². The van der Waals surface area contributed by atoms with Crippen LogP contribution >= 0.6 is 0 Å². The second-order valence-corrected chi connectivity index (χ2v) is 32.1. The van der Waals surface area contributed by atoms with Crippen molar-refractivity contribution < 1.29 is 97.6 Å². The number of rotatable bonds is 12. The highest BCUT2D eigenvalue weighted by Crippen LogP contribution is 2.68. The molecule has 6 aliphatic carbocycles. The summed E-state index contributed by atoms with van der Waals surface area (Å²) in [6.45, 7) is 22.6. The molecule has 0 spiro atoms. The number of methoxy groups -OCH3 is 1. The number of hydrogen-bond acceptors (Lipinski definition) is 20. The smallest absolute Gasteiger partial charge is 0.338 e. The van der Waals surface area contributed by atoms with E-state index in [1.807, 2.05) is 20.8 Å². The lowest BCUT2D eigenvalue weighted by Crippen LogP contribution is -2.82. The van der Waals surface area contributed by atoms with E-state index < -0.39 is 161 Å². The zero-order valence-electron chi connectivity index (χ0n) is 52.2. The van der Waals surface area contributed by atoms with Gasteiger partial charge in [-0.2, -0.15) is 0 Å². The summed E-state index contributed by atoms with van der Waals surface area (Å²) in [5.41, 5.74) is -10.0. The molecule has 4 saturated carbocycles. The van der Waals surface area contributed by atoms with Gasteiger partial charge < -0.3 is 78.4 Å². The second kappa shape index (κ2) is 23.1. The number of carbonyl (C=O) groups is 4. The van der Waals surface area contributed by atoms with E-state index in [9.17, 15) is 60.0 Å². The molecule has 2 aromatic carbocycles. The molecule has 2 saturated heterocycles. The molecule has 476 valence electrons. The van der Waals surface area contributed by atoms with Crippen LogP contribution in [0.1, 0.15) is 136 Å². The Bertz CT molecular complexity index is 2960. The van der Waals surface area contributed by atoms with Crippen molar-refractivity contribution in [3.63, 3.8) is 0 Å². The van der Waals surface area contributed by atoms with Crippen LogP contribution in [0.4, 0.5) is 0 Å². The van der Waals surface area contributed by atoms with E-state index in [4.69, 9.17) is 37.6 Å². The van der Waals surface area contributed by atoms with Crippen molar-refractivity contribution in [2.45, 2.75) is 229 Å². The summed E-state index contributed by atoms with van der Waals surface area (Å²) in [6, 6.07) is 19.2. The monoisotopic (exact) mass is 1220 g/mol. The Hall–Kier alpha value is -4.46. The summed E-state index contributed by atoms with van der Waals surface area (Å²) in [6.07, 6.45) is -14.2. The minimum absolute atomic E-state index is 0.0212. The predicted octanol–water partition coefficient (Wildman–Crippen LogP) is 5.43. The highest BCUT2D eigenvalue weighted by Gasteiger charge is 2.80. The standard InChI is InChI=1S/C36H54O10Si.C29H38O10/c1-10-47(11-2,12-3)46-25-18-26-35(20-43-26,45-22(5)37)29-31(44-32(40)23-16-14-13-15-17-23)36(41)19-24(38)21(4)27(33(36,6)7)28(42-9)30(39)34(25,29)8;1-14-17(31)12-29(36)24(38-25(35)16-9-7-6-8-10-16)22-27(5,23(34)21(33)20(14)26(29,3)4)18(32)11-19-28(22,13-37-19)39-15(2)30/h13-17,24-26,28-31,38-39,41H,10-12,18-20H2,1-9H3;6-10,17-19,21-24,31-34,36H,11-13H2,1-5H3/t24?,25-,26+,28+,29-,30?,31-,34+,35-,36+;17?,18-,19+,21+,22-,23?,24-,27+,28-,29+/m00/s1. The van der Waals surface area contributed by atoms with Crippen molar-refractivity contribution in [3.05, 3.63) is 94.1 Å². The zero-order valence-corrected chi connectivity index (χ0v) is 53.2. The normalized spacial score (nSPS) is 41.8. The van der Waals surface area contributed by atoms with Crippen LogP contribution in [0.15, 0.2) is 83.0 Å². The van der Waals surface area contributed by atoms with E-state index >= 15 is 0 Å². The molecule has 86 heavy (non-hydrogen) atoms. The van der Waals surface area contributed by atoms with Gasteiger partial charge in [-0.25, -0.2) is 9.59 Å². The molecule has 4 bridgehead atoms. The summed E-state index contributed by atoms with van der Waals surface area (Å²) in [5, 5.41) is 96.5. The van der Waals surface area contributed by atoms with Crippen LogP contribution in [-0.4, -0.2) is 189 Å². The van der Waals surface area contributed by atoms with Crippen LogP contribution in [0, 0.1) is 33.5 Å². The second-order valence-electron chi connectivity index (χ2n) is 27.3. The molecule has 0 amide bonds. The summed E-state index contributed by atoms with van der Waals surface area (Å²) in [4.78, 5) is 53.1. The minimum atomic E-state index is -2.35. The first-order valence-electron chi connectivity index (χ1n) is 30.5. The van der Waals surface area contributed by atoms with Crippen molar-refractivity contribution >= 4 is 32.2 Å². The Morgan fingerprint density at radius 2 is 1.00 bits per heavy atom. The number of aliphatic hydroxyl groups is 8. The maximum Gasteiger partial charge on any atom is 0.338 e. The molecule has 8 N–H and O–H groups in total. The fourth-order valence-corrected chi connectivity index (χ4v) is 20.4. The number of carbonyl (C=O) groups excluding carboxylic acids is 4. The lowest BCUT2D eigenvalue weighted by atomic mass is 9.44. The number of ether oxygens (including phenoxy) is 7. The minimum Gasteiger partial charge on any atom is -0.455 e. The van der Waals surface area contributed by atoms with Crippen LogP contribution in [0.3, 0.4) is 0 Å². The average molecular weight is 1220 g/mol. The molecule has 20 nitrogen and oxygen atoms in total. The van der Waals surface area contributed by atoms with Gasteiger partial charge in [0.1, 0.15) is 47.8 Å². The van der Waals surface area contributed by atoms with Crippen molar-refractivity contribution in [1.82, 2.24) is 0 Å². The molecule has 21 heteroatoms. The van der Waals surface area contributed by atoms with Crippen molar-refractivity contribution in [2.75, 3.05) is 20.3 Å². The first-order chi connectivity index (χ1) is 40.2. The van der Waals surface area contributed by atoms with Gasteiger partial charge in [-0.1, -0.05) is 98.7 Å². The topological polar surface area (TPSA) is 304 Å². The highest BCUT2D eigenvalue weighted by atomic mass is 28.4. The Morgan fingerprint density at radius 3 is 1.40 bits per heavy atom. The lowest BCUT2D eigenvalue weighted by Gasteiger charge is -2.70. The van der Waals surface area contributed by atoms with E-state index in [1.54, 1.807) is 95.3 Å². The number of benzene rings is 2. The third-order valence-corrected chi connectivity index (χ3v) is 27.5. The quantitative estimate of drug-likeness (QED) is 0.0569. The molecule has 2 aliphatic heterocycles. The Morgan fingerprint density at radius 1 is 0.593 bits per heavy atom. The van der Waals surface area contributed by atoms with E-state index in [0.717, 1.165) is 18.1 Å². The van der Waals surface area contributed by atoms with Crippen molar-refractivity contribution in [2.24, 2.45) is 33.5 Å². The Balaban J connectivity index is 0.000000209. The molecule has 6 fully saturated rings. The van der Waals surface area contributed by atoms with Gasteiger partial charge in [0, 0.05) is 68.3 Å². The molecule has 0 radical (unpaired) electrons. The van der Waals surface area contributed by atoms with Crippen LogP contribution < -0.4 is 0 Å². The molecule has 2 heterocycles. The summed E-state index contributed by atoms with van der Waals surface area (Å²) >= 11 is 0. The third-order valence-electron chi connectivity index (χ3n) is 22.9. The number of aliphatic hydroxyl groups excluding tert-OH is 6. The van der Waals surface area contributed by atoms with Gasteiger partial charge in [-0.3, -0.25) is 9.59 Å². The van der Waals surface area contributed by atoms with E-state index in [-0.39, 0.29) is 49.2 Å². The molecule has 20 atom stereocenters. The van der Waals surface area contributed by atoms with Gasteiger partial charge in [0.15, 0.2) is 19.5 Å². The first kappa shape index (κ1) is 66.0. The number of esters is 4. The number of hydrogen-bond donors (Lipinski definition) is 8. The molecule has 0 aromatic heterocycles. The van der Waals surface area contributed by atoms with Gasteiger partial charge in [0.25, 0.3) is 0 Å². The number of fused-ring (bicyclic) bond motifs is 10. The van der Waals surface area contributed by atoms with Gasteiger partial charge in [0.2, 0.25) is 0 Å². The maximum absolute atomic E-state index is 14.1. The van der Waals surface area contributed by atoms with Crippen LogP contribution in [0.5, 0.6) is 0 Å². The van der Waals surface area contributed by atoms with Crippen LogP contribution in [0.25, 0.3) is 0 Å². The molecule has 10 rings (SSSR count).